The largest absolute Gasteiger partial charge is 0.297 e. The van der Waals surface area contributed by atoms with Crippen LogP contribution >= 0.6 is 0 Å². The van der Waals surface area contributed by atoms with Crippen molar-refractivity contribution in [3.05, 3.63) is 30.1 Å². The number of nitriles is 1. The Morgan fingerprint density at radius 2 is 2.12 bits per heavy atom. The fourth-order valence-electron chi connectivity index (χ4n) is 3.01. The highest BCUT2D eigenvalue weighted by Gasteiger charge is 2.49. The second-order valence-corrected chi connectivity index (χ2v) is 5.14. The zero-order chi connectivity index (χ0) is 11.8. The van der Waals surface area contributed by atoms with Gasteiger partial charge in [0.1, 0.15) is 5.92 Å². The Morgan fingerprint density at radius 1 is 1.35 bits per heavy atom. The Morgan fingerprint density at radius 3 is 2.71 bits per heavy atom. The minimum absolute atomic E-state index is 0.0819. The number of ketones is 1. The summed E-state index contributed by atoms with van der Waals surface area (Å²) in [5.74, 6) is 1.06. The molecule has 3 nitrogen and oxygen atoms in total. The minimum Gasteiger partial charge on any atom is -0.297 e. The van der Waals surface area contributed by atoms with Crippen molar-refractivity contribution in [2.24, 2.45) is 17.8 Å². The van der Waals surface area contributed by atoms with Gasteiger partial charge in [0.2, 0.25) is 0 Å². The molecular formula is C14H14N2O. The van der Waals surface area contributed by atoms with Crippen LogP contribution < -0.4 is 0 Å². The standard InChI is InChI=1S/C14H14N2O/c15-8-12(13-3-1-2-4-16-13)14(17)11-6-9-5-10(9)7-11/h1-4,9-12H,5-7H2. The lowest BCUT2D eigenvalue weighted by atomic mass is 9.88. The zero-order valence-corrected chi connectivity index (χ0v) is 9.54. The molecule has 0 amide bonds. The van der Waals surface area contributed by atoms with Gasteiger partial charge >= 0.3 is 0 Å². The van der Waals surface area contributed by atoms with Gasteiger partial charge in [-0.2, -0.15) is 5.26 Å². The number of hydrogen-bond donors (Lipinski definition) is 0. The van der Waals surface area contributed by atoms with E-state index >= 15 is 0 Å². The Bertz CT molecular complexity index is 467. The predicted molar refractivity (Wildman–Crippen MR) is 61.9 cm³/mol. The van der Waals surface area contributed by atoms with Crippen LogP contribution in [0.1, 0.15) is 30.9 Å². The van der Waals surface area contributed by atoms with Crippen molar-refractivity contribution in [2.45, 2.75) is 25.2 Å². The molecule has 1 heterocycles. The van der Waals surface area contributed by atoms with Gasteiger partial charge in [0.05, 0.1) is 11.8 Å². The molecule has 0 bridgehead atoms. The van der Waals surface area contributed by atoms with E-state index in [0.717, 1.165) is 24.7 Å². The van der Waals surface area contributed by atoms with Gasteiger partial charge < -0.3 is 0 Å². The smallest absolute Gasteiger partial charge is 0.159 e. The molecule has 2 aliphatic rings. The SMILES string of the molecule is N#CC(C(=O)C1CC2CC2C1)c1ccccn1. The average molecular weight is 226 g/mol. The summed E-state index contributed by atoms with van der Waals surface area (Å²) in [6.45, 7) is 0. The monoisotopic (exact) mass is 226 g/mol. The second kappa shape index (κ2) is 3.96. The fraction of sp³-hybridized carbons (Fsp3) is 0.500. The second-order valence-electron chi connectivity index (χ2n) is 5.14. The molecule has 0 aliphatic heterocycles. The van der Waals surface area contributed by atoms with E-state index in [1.54, 1.807) is 18.3 Å². The summed E-state index contributed by atoms with van der Waals surface area (Å²) >= 11 is 0. The number of carbonyl (C=O) groups excluding carboxylic acids is 1. The molecule has 3 rings (SSSR count). The van der Waals surface area contributed by atoms with Crippen LogP contribution in [0.4, 0.5) is 0 Å². The Kier molecular flexibility index (Phi) is 2.44. The highest BCUT2D eigenvalue weighted by molar-refractivity contribution is 5.90. The summed E-state index contributed by atoms with van der Waals surface area (Å²) in [4.78, 5) is 16.4. The van der Waals surface area contributed by atoms with Gasteiger partial charge in [0.15, 0.2) is 5.78 Å². The van der Waals surface area contributed by atoms with E-state index in [2.05, 4.69) is 11.1 Å². The van der Waals surface area contributed by atoms with E-state index in [4.69, 9.17) is 0 Å². The van der Waals surface area contributed by atoms with Gasteiger partial charge in [0.25, 0.3) is 0 Å². The van der Waals surface area contributed by atoms with E-state index in [1.807, 2.05) is 6.07 Å². The van der Waals surface area contributed by atoms with Crippen LogP contribution in [0.25, 0.3) is 0 Å². The molecule has 0 radical (unpaired) electrons. The molecule has 0 aromatic carbocycles. The molecule has 0 N–H and O–H groups in total. The first-order valence-electron chi connectivity index (χ1n) is 6.14. The van der Waals surface area contributed by atoms with Crippen molar-refractivity contribution in [3.63, 3.8) is 0 Å². The number of carbonyl (C=O) groups is 1. The Balaban J connectivity index is 1.77. The predicted octanol–water partition coefficient (Wildman–Crippen LogP) is 2.30. The van der Waals surface area contributed by atoms with Gasteiger partial charge in [0, 0.05) is 12.1 Å². The fourth-order valence-corrected chi connectivity index (χ4v) is 3.01. The molecule has 17 heavy (non-hydrogen) atoms. The van der Waals surface area contributed by atoms with Crippen LogP contribution in [0.2, 0.25) is 0 Å². The number of hydrogen-bond acceptors (Lipinski definition) is 3. The van der Waals surface area contributed by atoms with Gasteiger partial charge in [-0.05, 0) is 43.2 Å². The third kappa shape index (κ3) is 1.84. The van der Waals surface area contributed by atoms with Crippen molar-refractivity contribution in [1.82, 2.24) is 4.98 Å². The van der Waals surface area contributed by atoms with Crippen molar-refractivity contribution < 1.29 is 4.79 Å². The number of fused-ring (bicyclic) bond motifs is 1. The van der Waals surface area contributed by atoms with Crippen LogP contribution in [0.5, 0.6) is 0 Å². The van der Waals surface area contributed by atoms with Crippen LogP contribution in [0.3, 0.4) is 0 Å². The molecule has 1 aromatic rings. The molecule has 1 aromatic heterocycles. The quantitative estimate of drug-likeness (QED) is 0.794. The average Bonchev–Trinajstić information content (AvgIpc) is 2.98. The maximum absolute atomic E-state index is 12.3. The molecular weight excluding hydrogens is 212 g/mol. The molecule has 86 valence electrons. The van der Waals surface area contributed by atoms with Crippen LogP contribution in [0.15, 0.2) is 24.4 Å². The Labute approximate surface area is 100 Å². The molecule has 2 fully saturated rings. The summed E-state index contributed by atoms with van der Waals surface area (Å²) in [6, 6.07) is 7.50. The third-order valence-electron chi connectivity index (χ3n) is 4.04. The lowest BCUT2D eigenvalue weighted by Crippen LogP contribution is -2.21. The van der Waals surface area contributed by atoms with Gasteiger partial charge in [-0.25, -0.2) is 0 Å². The van der Waals surface area contributed by atoms with Crippen LogP contribution in [0, 0.1) is 29.1 Å². The van der Waals surface area contributed by atoms with E-state index in [1.165, 1.54) is 6.42 Å². The molecule has 2 saturated carbocycles. The summed E-state index contributed by atoms with van der Waals surface area (Å²) in [5, 5.41) is 9.18. The first-order valence-corrected chi connectivity index (χ1v) is 6.14. The number of Topliss-reactive ketones (excluding diaryl/α,β-unsaturated/α-hetero) is 1. The van der Waals surface area contributed by atoms with Gasteiger partial charge in [-0.15, -0.1) is 0 Å². The highest BCUT2D eigenvalue weighted by atomic mass is 16.1. The Hall–Kier alpha value is -1.69. The number of nitrogens with zero attached hydrogens (tertiary/aromatic N) is 2. The van der Waals surface area contributed by atoms with E-state index < -0.39 is 5.92 Å². The molecule has 0 saturated heterocycles. The molecule has 3 heteroatoms. The van der Waals surface area contributed by atoms with Gasteiger partial charge in [-0.3, -0.25) is 9.78 Å². The summed E-state index contributed by atoms with van der Waals surface area (Å²) in [7, 11) is 0. The van der Waals surface area contributed by atoms with Crippen LogP contribution in [-0.2, 0) is 4.79 Å². The normalized spacial score (nSPS) is 31.4. The van der Waals surface area contributed by atoms with Crippen molar-refractivity contribution in [2.75, 3.05) is 0 Å². The molecule has 0 spiro atoms. The third-order valence-corrected chi connectivity index (χ3v) is 4.04. The topological polar surface area (TPSA) is 53.8 Å². The van der Waals surface area contributed by atoms with E-state index in [-0.39, 0.29) is 11.7 Å². The minimum atomic E-state index is -0.668. The molecule has 3 atom stereocenters. The van der Waals surface area contributed by atoms with Crippen molar-refractivity contribution in [3.8, 4) is 6.07 Å². The first kappa shape index (κ1) is 10.5. The summed E-state index contributed by atoms with van der Waals surface area (Å²) < 4.78 is 0. The lowest BCUT2D eigenvalue weighted by Gasteiger charge is -2.14. The van der Waals surface area contributed by atoms with Crippen molar-refractivity contribution in [1.29, 1.82) is 5.26 Å². The maximum atomic E-state index is 12.3. The number of pyridine rings is 1. The maximum Gasteiger partial charge on any atom is 0.159 e. The zero-order valence-electron chi connectivity index (χ0n) is 9.54. The molecule has 3 unspecified atom stereocenters. The lowest BCUT2D eigenvalue weighted by molar-refractivity contribution is -0.123. The van der Waals surface area contributed by atoms with E-state index in [9.17, 15) is 10.1 Å². The number of aromatic nitrogens is 1. The first-order chi connectivity index (χ1) is 8.29. The highest BCUT2D eigenvalue weighted by Crippen LogP contribution is 2.55. The summed E-state index contributed by atoms with van der Waals surface area (Å²) in [6.07, 6.45) is 4.92. The van der Waals surface area contributed by atoms with Gasteiger partial charge in [-0.1, -0.05) is 6.07 Å². The number of rotatable bonds is 3. The van der Waals surface area contributed by atoms with Crippen LogP contribution in [-0.4, -0.2) is 10.8 Å². The van der Waals surface area contributed by atoms with E-state index in [0.29, 0.717) is 5.69 Å². The summed E-state index contributed by atoms with van der Waals surface area (Å²) in [5.41, 5.74) is 0.598. The van der Waals surface area contributed by atoms with Crippen molar-refractivity contribution >= 4 is 5.78 Å². The molecule has 2 aliphatic carbocycles.